The molecule has 0 aromatic rings. The number of nitrogens with one attached hydrogen (secondary N) is 2. The van der Waals surface area contributed by atoms with Crippen molar-refractivity contribution in [3.63, 3.8) is 0 Å². The lowest BCUT2D eigenvalue weighted by Gasteiger charge is -2.33. The number of urea groups is 1. The van der Waals surface area contributed by atoms with Gasteiger partial charge in [0, 0.05) is 25.7 Å². The first-order chi connectivity index (χ1) is 9.83. The fraction of sp³-hybridized carbons (Fsp3) is 0.867. The Hall–Kier alpha value is -1.46. The SMILES string of the molecule is CC(C)(C)OC(=O)N[C@@H]1CCCN(C(=O)NCC2CC2)C1. The minimum absolute atomic E-state index is 0.0161. The van der Waals surface area contributed by atoms with Gasteiger partial charge in [-0.1, -0.05) is 0 Å². The van der Waals surface area contributed by atoms with Crippen LogP contribution >= 0.6 is 0 Å². The number of amides is 3. The average Bonchev–Trinajstić information content (AvgIpc) is 3.17. The number of likely N-dealkylation sites (tertiary alicyclic amines) is 1. The van der Waals surface area contributed by atoms with Crippen molar-refractivity contribution in [2.45, 2.75) is 58.1 Å². The van der Waals surface area contributed by atoms with Crippen LogP contribution in [0.25, 0.3) is 0 Å². The van der Waals surface area contributed by atoms with E-state index in [9.17, 15) is 9.59 Å². The van der Waals surface area contributed by atoms with E-state index in [1.54, 1.807) is 4.90 Å². The van der Waals surface area contributed by atoms with Crippen LogP contribution < -0.4 is 10.6 Å². The summed E-state index contributed by atoms with van der Waals surface area (Å²) in [7, 11) is 0. The molecule has 0 spiro atoms. The van der Waals surface area contributed by atoms with Crippen molar-refractivity contribution in [3.05, 3.63) is 0 Å². The fourth-order valence-electron chi connectivity index (χ4n) is 2.42. The Morgan fingerprint density at radius 2 is 1.95 bits per heavy atom. The zero-order chi connectivity index (χ0) is 15.5. The van der Waals surface area contributed by atoms with Crippen molar-refractivity contribution in [3.8, 4) is 0 Å². The van der Waals surface area contributed by atoms with E-state index < -0.39 is 11.7 Å². The Labute approximate surface area is 126 Å². The molecule has 6 nitrogen and oxygen atoms in total. The van der Waals surface area contributed by atoms with Crippen molar-refractivity contribution in [1.82, 2.24) is 15.5 Å². The minimum atomic E-state index is -0.500. The molecule has 2 N–H and O–H groups in total. The van der Waals surface area contributed by atoms with E-state index in [4.69, 9.17) is 4.74 Å². The van der Waals surface area contributed by atoms with E-state index in [1.165, 1.54) is 12.8 Å². The predicted octanol–water partition coefficient (Wildman–Crippen LogP) is 2.10. The molecular formula is C15H27N3O3. The van der Waals surface area contributed by atoms with Gasteiger partial charge in [0.25, 0.3) is 0 Å². The number of rotatable bonds is 3. The first kappa shape index (κ1) is 15.9. The van der Waals surface area contributed by atoms with Crippen LogP contribution in [0.4, 0.5) is 9.59 Å². The summed E-state index contributed by atoms with van der Waals surface area (Å²) < 4.78 is 5.25. The number of piperidine rings is 1. The van der Waals surface area contributed by atoms with Crippen LogP contribution in [0.2, 0.25) is 0 Å². The lowest BCUT2D eigenvalue weighted by Crippen LogP contribution is -2.53. The van der Waals surface area contributed by atoms with Crippen molar-refractivity contribution < 1.29 is 14.3 Å². The molecule has 2 fully saturated rings. The molecule has 2 rings (SSSR count). The van der Waals surface area contributed by atoms with E-state index in [2.05, 4.69) is 10.6 Å². The van der Waals surface area contributed by atoms with Gasteiger partial charge in [-0.3, -0.25) is 0 Å². The van der Waals surface area contributed by atoms with E-state index in [0.717, 1.165) is 25.9 Å². The maximum Gasteiger partial charge on any atom is 0.407 e. The maximum atomic E-state index is 12.1. The van der Waals surface area contributed by atoms with Gasteiger partial charge in [0.15, 0.2) is 0 Å². The minimum Gasteiger partial charge on any atom is -0.444 e. The molecule has 120 valence electrons. The van der Waals surface area contributed by atoms with E-state index in [-0.39, 0.29) is 12.1 Å². The number of hydrogen-bond acceptors (Lipinski definition) is 3. The molecule has 1 saturated carbocycles. The molecule has 0 aromatic heterocycles. The second kappa shape index (κ2) is 6.54. The summed E-state index contributed by atoms with van der Waals surface area (Å²) in [5, 5.41) is 5.82. The maximum absolute atomic E-state index is 12.1. The largest absolute Gasteiger partial charge is 0.444 e. The number of carbonyl (C=O) groups is 2. The standard InChI is InChI=1S/C15H27N3O3/c1-15(2,3)21-14(20)17-12-5-4-8-18(10-12)13(19)16-9-11-6-7-11/h11-12H,4-10H2,1-3H3,(H,16,19)(H,17,20)/t12-/m1/s1. The zero-order valence-electron chi connectivity index (χ0n) is 13.3. The monoisotopic (exact) mass is 297 g/mol. The Balaban J connectivity index is 1.74. The van der Waals surface area contributed by atoms with Crippen LogP contribution in [-0.2, 0) is 4.74 Å². The number of nitrogens with zero attached hydrogens (tertiary/aromatic N) is 1. The van der Waals surface area contributed by atoms with Gasteiger partial charge in [-0.2, -0.15) is 0 Å². The van der Waals surface area contributed by atoms with Crippen LogP contribution in [-0.4, -0.2) is 48.3 Å². The van der Waals surface area contributed by atoms with Crippen LogP contribution in [0.3, 0.4) is 0 Å². The number of alkyl carbamates (subject to hydrolysis) is 1. The second-order valence-electron chi connectivity index (χ2n) is 7.06. The van der Waals surface area contributed by atoms with Gasteiger partial charge in [0.2, 0.25) is 0 Å². The number of carbonyl (C=O) groups excluding carboxylic acids is 2. The van der Waals surface area contributed by atoms with Crippen molar-refractivity contribution in [1.29, 1.82) is 0 Å². The lowest BCUT2D eigenvalue weighted by atomic mass is 10.1. The second-order valence-corrected chi connectivity index (χ2v) is 7.06. The third-order valence-corrected chi connectivity index (χ3v) is 3.67. The quantitative estimate of drug-likeness (QED) is 0.838. The highest BCUT2D eigenvalue weighted by Crippen LogP contribution is 2.27. The molecule has 0 bridgehead atoms. The van der Waals surface area contributed by atoms with E-state index in [0.29, 0.717) is 12.5 Å². The Kier molecular flexibility index (Phi) is 4.96. The number of hydrogen-bond donors (Lipinski definition) is 2. The molecule has 0 aromatic carbocycles. The lowest BCUT2D eigenvalue weighted by molar-refractivity contribution is 0.0479. The molecule has 1 aliphatic heterocycles. The third-order valence-electron chi connectivity index (χ3n) is 3.67. The summed E-state index contributed by atoms with van der Waals surface area (Å²) in [6.07, 6.45) is 3.82. The summed E-state index contributed by atoms with van der Waals surface area (Å²) in [6, 6.07) is -0.0436. The molecular weight excluding hydrogens is 270 g/mol. The smallest absolute Gasteiger partial charge is 0.407 e. The van der Waals surface area contributed by atoms with Gasteiger partial charge in [0.1, 0.15) is 5.60 Å². The molecule has 1 aliphatic carbocycles. The molecule has 1 heterocycles. The highest BCUT2D eigenvalue weighted by Gasteiger charge is 2.28. The van der Waals surface area contributed by atoms with Gasteiger partial charge in [-0.15, -0.1) is 0 Å². The summed E-state index contributed by atoms with van der Waals surface area (Å²) >= 11 is 0. The average molecular weight is 297 g/mol. The first-order valence-corrected chi connectivity index (χ1v) is 7.86. The molecule has 0 unspecified atom stereocenters. The summed E-state index contributed by atoms with van der Waals surface area (Å²) in [6.45, 7) is 7.60. The topological polar surface area (TPSA) is 70.7 Å². The van der Waals surface area contributed by atoms with E-state index >= 15 is 0 Å². The van der Waals surface area contributed by atoms with Crippen LogP contribution in [0, 0.1) is 5.92 Å². The predicted molar refractivity (Wildman–Crippen MR) is 80.1 cm³/mol. The van der Waals surface area contributed by atoms with Crippen molar-refractivity contribution in [2.75, 3.05) is 19.6 Å². The summed E-state index contributed by atoms with van der Waals surface area (Å²) in [5.41, 5.74) is -0.500. The Bertz CT molecular complexity index is 388. The molecule has 1 atom stereocenters. The molecule has 0 radical (unpaired) electrons. The highest BCUT2D eigenvalue weighted by molar-refractivity contribution is 5.74. The van der Waals surface area contributed by atoms with Gasteiger partial charge < -0.3 is 20.3 Å². The van der Waals surface area contributed by atoms with Gasteiger partial charge in [-0.05, 0) is 52.4 Å². The van der Waals surface area contributed by atoms with Crippen molar-refractivity contribution >= 4 is 12.1 Å². The first-order valence-electron chi connectivity index (χ1n) is 7.86. The molecule has 21 heavy (non-hydrogen) atoms. The Morgan fingerprint density at radius 3 is 2.57 bits per heavy atom. The van der Waals surface area contributed by atoms with Crippen LogP contribution in [0.15, 0.2) is 0 Å². The van der Waals surface area contributed by atoms with Gasteiger partial charge in [-0.25, -0.2) is 9.59 Å². The van der Waals surface area contributed by atoms with Gasteiger partial charge >= 0.3 is 12.1 Å². The molecule has 1 saturated heterocycles. The Morgan fingerprint density at radius 1 is 1.24 bits per heavy atom. The normalized spacial score (nSPS) is 22.6. The van der Waals surface area contributed by atoms with E-state index in [1.807, 2.05) is 20.8 Å². The number of ether oxygens (including phenoxy) is 1. The van der Waals surface area contributed by atoms with Crippen molar-refractivity contribution in [2.24, 2.45) is 5.92 Å². The summed E-state index contributed by atoms with van der Waals surface area (Å²) in [4.78, 5) is 25.6. The molecule has 2 aliphatic rings. The zero-order valence-corrected chi connectivity index (χ0v) is 13.3. The highest BCUT2D eigenvalue weighted by atomic mass is 16.6. The van der Waals surface area contributed by atoms with Crippen LogP contribution in [0.5, 0.6) is 0 Å². The molecule has 6 heteroatoms. The molecule has 3 amide bonds. The summed E-state index contributed by atoms with van der Waals surface area (Å²) in [5.74, 6) is 0.675. The fourth-order valence-corrected chi connectivity index (χ4v) is 2.42. The van der Waals surface area contributed by atoms with Gasteiger partial charge in [0.05, 0.1) is 0 Å². The third kappa shape index (κ3) is 5.81. The van der Waals surface area contributed by atoms with Crippen LogP contribution in [0.1, 0.15) is 46.5 Å².